The van der Waals surface area contributed by atoms with Crippen LogP contribution in [0.5, 0.6) is 0 Å². The molecule has 1 N–H and O–H groups in total. The van der Waals surface area contributed by atoms with E-state index < -0.39 is 0 Å². The topological polar surface area (TPSA) is 18.5 Å². The Morgan fingerprint density at radius 2 is 1.86 bits per heavy atom. The Hall–Kier alpha value is -0.120. The molecule has 1 aliphatic carbocycles. The minimum Gasteiger partial charge on any atom is -0.314 e. The van der Waals surface area contributed by atoms with Crippen molar-refractivity contribution in [3.63, 3.8) is 0 Å². The number of hydrogen-bond acceptors (Lipinski definition) is 3. The van der Waals surface area contributed by atoms with Crippen LogP contribution in [0.25, 0.3) is 0 Å². The number of likely N-dealkylation sites (N-methyl/N-ethyl adjacent to an activating group) is 1. The van der Waals surface area contributed by atoms with E-state index in [1.807, 2.05) is 0 Å². The Labute approximate surface area is 87.4 Å². The lowest BCUT2D eigenvalue weighted by Crippen LogP contribution is -2.45. The summed E-state index contributed by atoms with van der Waals surface area (Å²) in [6.45, 7) is 7.52. The molecule has 2 fully saturated rings. The number of rotatable bonds is 5. The highest BCUT2D eigenvalue weighted by molar-refractivity contribution is 4.80. The molecule has 0 unspecified atom stereocenters. The number of hydrogen-bond donors (Lipinski definition) is 1. The molecule has 0 amide bonds. The summed E-state index contributed by atoms with van der Waals surface area (Å²) in [4.78, 5) is 5.01. The maximum atomic E-state index is 3.57. The van der Waals surface area contributed by atoms with Gasteiger partial charge in [0.2, 0.25) is 0 Å². The van der Waals surface area contributed by atoms with Crippen molar-refractivity contribution in [1.29, 1.82) is 0 Å². The monoisotopic (exact) mass is 197 g/mol. The quantitative estimate of drug-likeness (QED) is 0.643. The predicted octanol–water partition coefficient (Wildman–Crippen LogP) is 0.376. The van der Waals surface area contributed by atoms with E-state index in [9.17, 15) is 0 Å². The van der Waals surface area contributed by atoms with Gasteiger partial charge in [-0.3, -0.25) is 0 Å². The van der Waals surface area contributed by atoms with Gasteiger partial charge in [-0.2, -0.15) is 0 Å². The fraction of sp³-hybridized carbons (Fsp3) is 1.00. The molecule has 1 saturated heterocycles. The van der Waals surface area contributed by atoms with Gasteiger partial charge in [-0.05, 0) is 39.4 Å². The molecule has 14 heavy (non-hydrogen) atoms. The van der Waals surface area contributed by atoms with E-state index in [0.29, 0.717) is 0 Å². The zero-order valence-electron chi connectivity index (χ0n) is 9.34. The van der Waals surface area contributed by atoms with Crippen LogP contribution in [-0.4, -0.2) is 62.2 Å². The SMILES string of the molecule is CN1CCN(CCCNC2CC2)CC1. The van der Waals surface area contributed by atoms with Crippen LogP contribution in [0, 0.1) is 0 Å². The largest absolute Gasteiger partial charge is 0.314 e. The first-order chi connectivity index (χ1) is 6.84. The number of nitrogens with one attached hydrogen (secondary N) is 1. The van der Waals surface area contributed by atoms with Crippen molar-refractivity contribution in [3.8, 4) is 0 Å². The molecule has 0 radical (unpaired) electrons. The van der Waals surface area contributed by atoms with Crippen LogP contribution < -0.4 is 5.32 Å². The lowest BCUT2D eigenvalue weighted by Gasteiger charge is -2.32. The Bertz CT molecular complexity index is 160. The number of piperazine rings is 1. The summed E-state index contributed by atoms with van der Waals surface area (Å²) in [6, 6.07) is 0.877. The van der Waals surface area contributed by atoms with E-state index in [0.717, 1.165) is 6.04 Å². The summed E-state index contributed by atoms with van der Waals surface area (Å²) in [7, 11) is 2.21. The fourth-order valence-corrected chi connectivity index (χ4v) is 1.97. The van der Waals surface area contributed by atoms with Crippen LogP contribution in [0.1, 0.15) is 19.3 Å². The molecule has 0 spiro atoms. The molecule has 1 aliphatic heterocycles. The van der Waals surface area contributed by atoms with Gasteiger partial charge in [-0.25, -0.2) is 0 Å². The van der Waals surface area contributed by atoms with E-state index in [-0.39, 0.29) is 0 Å². The first-order valence-electron chi connectivity index (χ1n) is 5.99. The molecule has 2 rings (SSSR count). The third-order valence-electron chi connectivity index (χ3n) is 3.26. The van der Waals surface area contributed by atoms with Gasteiger partial charge in [-0.15, -0.1) is 0 Å². The third-order valence-corrected chi connectivity index (χ3v) is 3.26. The van der Waals surface area contributed by atoms with E-state index in [4.69, 9.17) is 0 Å². The first kappa shape index (κ1) is 10.4. The Kier molecular flexibility index (Phi) is 3.79. The summed E-state index contributed by atoms with van der Waals surface area (Å²) in [5.41, 5.74) is 0. The van der Waals surface area contributed by atoms with Crippen LogP contribution in [0.2, 0.25) is 0 Å². The fourth-order valence-electron chi connectivity index (χ4n) is 1.97. The highest BCUT2D eigenvalue weighted by Gasteiger charge is 2.19. The van der Waals surface area contributed by atoms with Gasteiger partial charge in [-0.1, -0.05) is 0 Å². The van der Waals surface area contributed by atoms with Gasteiger partial charge in [0.25, 0.3) is 0 Å². The molecule has 0 aromatic heterocycles. The Morgan fingerprint density at radius 3 is 2.50 bits per heavy atom. The molecular formula is C11H23N3. The summed E-state index contributed by atoms with van der Waals surface area (Å²) in [5.74, 6) is 0. The molecule has 0 bridgehead atoms. The second kappa shape index (κ2) is 5.10. The van der Waals surface area contributed by atoms with Crippen molar-refractivity contribution in [1.82, 2.24) is 15.1 Å². The molecule has 3 nitrogen and oxygen atoms in total. The van der Waals surface area contributed by atoms with Crippen molar-refractivity contribution in [2.24, 2.45) is 0 Å². The van der Waals surface area contributed by atoms with Crippen molar-refractivity contribution < 1.29 is 0 Å². The van der Waals surface area contributed by atoms with Crippen molar-refractivity contribution >= 4 is 0 Å². The van der Waals surface area contributed by atoms with E-state index in [2.05, 4.69) is 22.2 Å². The summed E-state index contributed by atoms with van der Waals surface area (Å²) in [5, 5.41) is 3.57. The molecule has 1 saturated carbocycles. The van der Waals surface area contributed by atoms with Crippen molar-refractivity contribution in [2.75, 3.05) is 46.3 Å². The molecule has 82 valence electrons. The molecular weight excluding hydrogens is 174 g/mol. The lowest BCUT2D eigenvalue weighted by atomic mass is 10.3. The summed E-state index contributed by atoms with van der Waals surface area (Å²) < 4.78 is 0. The minimum atomic E-state index is 0.877. The third kappa shape index (κ3) is 3.56. The second-order valence-electron chi connectivity index (χ2n) is 4.73. The van der Waals surface area contributed by atoms with Gasteiger partial charge < -0.3 is 15.1 Å². The molecule has 0 atom stereocenters. The highest BCUT2D eigenvalue weighted by Crippen LogP contribution is 2.18. The summed E-state index contributed by atoms with van der Waals surface area (Å²) >= 11 is 0. The predicted molar refractivity (Wildman–Crippen MR) is 59.6 cm³/mol. The molecule has 2 aliphatic rings. The maximum absolute atomic E-state index is 3.57. The van der Waals surface area contributed by atoms with E-state index in [1.165, 1.54) is 58.5 Å². The smallest absolute Gasteiger partial charge is 0.0110 e. The highest BCUT2D eigenvalue weighted by atomic mass is 15.2. The van der Waals surface area contributed by atoms with Crippen LogP contribution in [-0.2, 0) is 0 Å². The van der Waals surface area contributed by atoms with E-state index >= 15 is 0 Å². The van der Waals surface area contributed by atoms with Crippen molar-refractivity contribution in [2.45, 2.75) is 25.3 Å². The minimum absolute atomic E-state index is 0.877. The second-order valence-corrected chi connectivity index (χ2v) is 4.73. The standard InChI is InChI=1S/C11H23N3/c1-13-7-9-14(10-8-13)6-2-5-12-11-3-4-11/h11-12H,2-10H2,1H3. The van der Waals surface area contributed by atoms with Gasteiger partial charge in [0, 0.05) is 32.2 Å². The molecule has 1 heterocycles. The van der Waals surface area contributed by atoms with E-state index in [1.54, 1.807) is 0 Å². The van der Waals surface area contributed by atoms with Gasteiger partial charge in [0.1, 0.15) is 0 Å². The molecule has 0 aromatic rings. The van der Waals surface area contributed by atoms with Crippen LogP contribution in [0.3, 0.4) is 0 Å². The van der Waals surface area contributed by atoms with Crippen LogP contribution >= 0.6 is 0 Å². The first-order valence-corrected chi connectivity index (χ1v) is 5.99. The zero-order chi connectivity index (χ0) is 9.80. The molecule has 0 aromatic carbocycles. The van der Waals surface area contributed by atoms with Gasteiger partial charge >= 0.3 is 0 Å². The lowest BCUT2D eigenvalue weighted by molar-refractivity contribution is 0.152. The molecule has 3 heteroatoms. The Balaban J connectivity index is 1.47. The van der Waals surface area contributed by atoms with Gasteiger partial charge in [0.05, 0.1) is 0 Å². The van der Waals surface area contributed by atoms with Crippen LogP contribution in [0.4, 0.5) is 0 Å². The van der Waals surface area contributed by atoms with Crippen LogP contribution in [0.15, 0.2) is 0 Å². The summed E-state index contributed by atoms with van der Waals surface area (Å²) in [6.07, 6.45) is 4.14. The van der Waals surface area contributed by atoms with Crippen molar-refractivity contribution in [3.05, 3.63) is 0 Å². The normalized spacial score (nSPS) is 25.5. The number of nitrogens with zero attached hydrogens (tertiary/aromatic N) is 2. The maximum Gasteiger partial charge on any atom is 0.0110 e. The zero-order valence-corrected chi connectivity index (χ0v) is 9.34. The van der Waals surface area contributed by atoms with Gasteiger partial charge in [0.15, 0.2) is 0 Å². The average molecular weight is 197 g/mol. The average Bonchev–Trinajstić information content (AvgIpc) is 2.99. The Morgan fingerprint density at radius 1 is 1.14 bits per heavy atom.